The Morgan fingerprint density at radius 3 is 2.05 bits per heavy atom. The van der Waals surface area contributed by atoms with Crippen molar-refractivity contribution < 1.29 is 4.74 Å². The van der Waals surface area contributed by atoms with Gasteiger partial charge in [-0.2, -0.15) is 0 Å². The Morgan fingerprint density at radius 2 is 1.55 bits per heavy atom. The van der Waals surface area contributed by atoms with E-state index in [-0.39, 0.29) is 0 Å². The summed E-state index contributed by atoms with van der Waals surface area (Å²) < 4.78 is 5.22. The minimum absolute atomic E-state index is 0.559. The molecule has 1 heterocycles. The molecule has 1 unspecified atom stereocenters. The molecule has 0 aromatic rings. The minimum atomic E-state index is 0.559. The summed E-state index contributed by atoms with van der Waals surface area (Å²) >= 11 is 0. The third kappa shape index (κ3) is 7.62. The van der Waals surface area contributed by atoms with Crippen molar-refractivity contribution in [1.29, 1.82) is 0 Å². The van der Waals surface area contributed by atoms with E-state index < -0.39 is 0 Å². The summed E-state index contributed by atoms with van der Waals surface area (Å²) in [5.41, 5.74) is 1.19. The van der Waals surface area contributed by atoms with Gasteiger partial charge in [-0.25, -0.2) is 0 Å². The molecule has 0 fully saturated rings. The van der Waals surface area contributed by atoms with Crippen LogP contribution in [0.15, 0.2) is 24.4 Å². The molecule has 0 radical (unpaired) electrons. The SMILES string of the molecule is C=C1NC(C(C)CCCCCCCCCCCC)=CO1. The Kier molecular flexibility index (Phi) is 9.27. The fourth-order valence-corrected chi connectivity index (χ4v) is 2.69. The normalized spacial score (nSPS) is 15.7. The van der Waals surface area contributed by atoms with Gasteiger partial charge in [0.05, 0.1) is 5.70 Å². The first-order valence-electron chi connectivity index (χ1n) is 8.56. The predicted octanol–water partition coefficient (Wildman–Crippen LogP) is 5.87. The lowest BCUT2D eigenvalue weighted by Crippen LogP contribution is -2.12. The van der Waals surface area contributed by atoms with Crippen LogP contribution in [-0.2, 0) is 4.74 Å². The van der Waals surface area contributed by atoms with E-state index in [1.54, 1.807) is 0 Å². The topological polar surface area (TPSA) is 21.3 Å². The van der Waals surface area contributed by atoms with Gasteiger partial charge in [0.25, 0.3) is 0 Å². The first-order chi connectivity index (χ1) is 9.74. The van der Waals surface area contributed by atoms with E-state index in [4.69, 9.17) is 4.74 Å². The molecule has 0 saturated heterocycles. The Balaban J connectivity index is 1.86. The zero-order valence-corrected chi connectivity index (χ0v) is 13.5. The molecule has 1 aliphatic heterocycles. The molecule has 0 amide bonds. The van der Waals surface area contributed by atoms with Crippen LogP contribution in [0.25, 0.3) is 0 Å². The van der Waals surface area contributed by atoms with Crippen LogP contribution >= 0.6 is 0 Å². The van der Waals surface area contributed by atoms with Crippen molar-refractivity contribution in [3.63, 3.8) is 0 Å². The Morgan fingerprint density at radius 1 is 1.00 bits per heavy atom. The maximum Gasteiger partial charge on any atom is 0.189 e. The summed E-state index contributed by atoms with van der Waals surface area (Å²) in [4.78, 5) is 0. The largest absolute Gasteiger partial charge is 0.448 e. The molecular formula is C18H33NO. The number of allylic oxidation sites excluding steroid dienone is 1. The van der Waals surface area contributed by atoms with Crippen molar-refractivity contribution in [2.45, 2.75) is 84.5 Å². The quantitative estimate of drug-likeness (QED) is 0.451. The molecule has 0 spiro atoms. The molecule has 1 N–H and O–H groups in total. The zero-order valence-electron chi connectivity index (χ0n) is 13.5. The van der Waals surface area contributed by atoms with Crippen LogP contribution in [0.1, 0.15) is 84.5 Å². The molecule has 0 bridgehead atoms. The fourth-order valence-electron chi connectivity index (χ4n) is 2.69. The van der Waals surface area contributed by atoms with E-state index in [0.717, 1.165) is 0 Å². The van der Waals surface area contributed by atoms with Crippen molar-refractivity contribution >= 4 is 0 Å². The van der Waals surface area contributed by atoms with Crippen molar-refractivity contribution in [1.82, 2.24) is 5.32 Å². The van der Waals surface area contributed by atoms with E-state index in [9.17, 15) is 0 Å². The molecular weight excluding hydrogens is 246 g/mol. The van der Waals surface area contributed by atoms with Crippen LogP contribution in [0.2, 0.25) is 0 Å². The highest BCUT2D eigenvalue weighted by Crippen LogP contribution is 2.21. The lowest BCUT2D eigenvalue weighted by molar-refractivity contribution is 0.359. The molecule has 1 rings (SSSR count). The number of unbranched alkanes of at least 4 members (excludes halogenated alkanes) is 9. The molecule has 20 heavy (non-hydrogen) atoms. The number of hydrogen-bond donors (Lipinski definition) is 1. The van der Waals surface area contributed by atoms with Crippen LogP contribution in [0.5, 0.6) is 0 Å². The smallest absolute Gasteiger partial charge is 0.189 e. The fraction of sp³-hybridized carbons (Fsp3) is 0.778. The Hall–Kier alpha value is -0.920. The van der Waals surface area contributed by atoms with Crippen LogP contribution in [0, 0.1) is 5.92 Å². The molecule has 0 aromatic carbocycles. The van der Waals surface area contributed by atoms with Gasteiger partial charge in [-0.05, 0) is 18.9 Å². The van der Waals surface area contributed by atoms with E-state index in [2.05, 4.69) is 25.7 Å². The number of nitrogens with one attached hydrogen (secondary N) is 1. The number of hydrogen-bond acceptors (Lipinski definition) is 2. The summed E-state index contributed by atoms with van der Waals surface area (Å²) in [5, 5.41) is 3.18. The van der Waals surface area contributed by atoms with E-state index >= 15 is 0 Å². The third-order valence-electron chi connectivity index (χ3n) is 4.13. The van der Waals surface area contributed by atoms with Gasteiger partial charge in [0.15, 0.2) is 5.88 Å². The lowest BCUT2D eigenvalue weighted by atomic mass is 9.99. The molecule has 1 aliphatic rings. The summed E-state index contributed by atoms with van der Waals surface area (Å²) in [6, 6.07) is 0. The molecule has 116 valence electrons. The molecule has 0 aliphatic carbocycles. The third-order valence-corrected chi connectivity index (χ3v) is 4.13. The van der Waals surface area contributed by atoms with Crippen LogP contribution in [-0.4, -0.2) is 0 Å². The maximum absolute atomic E-state index is 5.22. The van der Waals surface area contributed by atoms with Gasteiger partial charge in [0.2, 0.25) is 0 Å². The van der Waals surface area contributed by atoms with Gasteiger partial charge in [0, 0.05) is 0 Å². The molecule has 0 aromatic heterocycles. The Labute approximate surface area is 125 Å². The summed E-state index contributed by atoms with van der Waals surface area (Å²) in [5.74, 6) is 1.22. The van der Waals surface area contributed by atoms with Gasteiger partial charge in [-0.1, -0.05) is 78.1 Å². The van der Waals surface area contributed by atoms with E-state index in [0.29, 0.717) is 11.8 Å². The number of ether oxygens (including phenoxy) is 1. The second-order valence-corrected chi connectivity index (χ2v) is 6.11. The maximum atomic E-state index is 5.22. The Bertz CT molecular complexity index is 296. The van der Waals surface area contributed by atoms with Gasteiger partial charge in [0.1, 0.15) is 6.26 Å². The second kappa shape index (κ2) is 10.8. The van der Waals surface area contributed by atoms with Crippen molar-refractivity contribution in [3.05, 3.63) is 24.4 Å². The summed E-state index contributed by atoms with van der Waals surface area (Å²) in [6.07, 6.45) is 17.1. The second-order valence-electron chi connectivity index (χ2n) is 6.11. The van der Waals surface area contributed by atoms with Gasteiger partial charge in [-0.3, -0.25) is 0 Å². The molecule has 1 atom stereocenters. The van der Waals surface area contributed by atoms with Gasteiger partial charge in [-0.15, -0.1) is 0 Å². The highest BCUT2D eigenvalue weighted by atomic mass is 16.5. The molecule has 2 nitrogen and oxygen atoms in total. The first kappa shape index (κ1) is 17.1. The van der Waals surface area contributed by atoms with E-state index in [1.165, 1.54) is 76.3 Å². The van der Waals surface area contributed by atoms with Crippen molar-refractivity contribution in [2.75, 3.05) is 0 Å². The molecule has 2 heteroatoms. The van der Waals surface area contributed by atoms with Crippen LogP contribution in [0.3, 0.4) is 0 Å². The van der Waals surface area contributed by atoms with Crippen LogP contribution < -0.4 is 5.32 Å². The first-order valence-corrected chi connectivity index (χ1v) is 8.56. The summed E-state index contributed by atoms with van der Waals surface area (Å²) in [6.45, 7) is 8.29. The monoisotopic (exact) mass is 279 g/mol. The van der Waals surface area contributed by atoms with Gasteiger partial charge >= 0.3 is 0 Å². The van der Waals surface area contributed by atoms with Crippen molar-refractivity contribution in [3.8, 4) is 0 Å². The van der Waals surface area contributed by atoms with E-state index in [1.807, 2.05) is 6.26 Å². The van der Waals surface area contributed by atoms with Gasteiger partial charge < -0.3 is 10.1 Å². The highest BCUT2D eigenvalue weighted by Gasteiger charge is 2.14. The average molecular weight is 279 g/mol. The summed E-state index contributed by atoms with van der Waals surface area (Å²) in [7, 11) is 0. The standard InChI is InChI=1S/C18H33NO/c1-4-5-6-7-8-9-10-11-12-13-14-16(2)18-15-20-17(3)19-18/h15-16,19H,3-14H2,1-2H3. The highest BCUT2D eigenvalue weighted by molar-refractivity contribution is 5.12. The van der Waals surface area contributed by atoms with Crippen molar-refractivity contribution in [2.24, 2.45) is 5.92 Å². The minimum Gasteiger partial charge on any atom is -0.448 e. The number of rotatable bonds is 12. The van der Waals surface area contributed by atoms with Crippen LogP contribution in [0.4, 0.5) is 0 Å². The average Bonchev–Trinajstić information content (AvgIpc) is 2.87. The molecule has 0 saturated carbocycles. The zero-order chi connectivity index (χ0) is 14.6. The lowest BCUT2D eigenvalue weighted by Gasteiger charge is -2.11. The predicted molar refractivity (Wildman–Crippen MR) is 87.1 cm³/mol.